The number of carbonyl (C=O) groups excluding carboxylic acids is 1. The number of aliphatic hydroxyl groups is 1. The number of hydrogen-bond acceptors (Lipinski definition) is 2. The van der Waals surface area contributed by atoms with Crippen LogP contribution in [0.4, 0.5) is 0 Å². The van der Waals surface area contributed by atoms with Crippen LogP contribution >= 0.6 is 0 Å². The molecule has 0 aromatic heterocycles. The number of aldehydes is 1. The zero-order chi connectivity index (χ0) is 8.81. The molecule has 0 saturated heterocycles. The van der Waals surface area contributed by atoms with E-state index in [1.807, 2.05) is 36.5 Å². The van der Waals surface area contributed by atoms with Crippen molar-refractivity contribution in [1.29, 1.82) is 0 Å². The first-order valence-corrected chi connectivity index (χ1v) is 3.69. The fraction of sp³-hybridized carbons (Fsp3) is 0.100. The van der Waals surface area contributed by atoms with Crippen molar-refractivity contribution in [3.05, 3.63) is 48.3 Å². The van der Waals surface area contributed by atoms with Gasteiger partial charge >= 0.3 is 0 Å². The molecule has 0 fully saturated rings. The molecule has 62 valence electrons. The predicted octanol–water partition coefficient (Wildman–Crippen LogP) is 1.93. The first-order chi connectivity index (χ1) is 5.88. The lowest BCUT2D eigenvalue weighted by Gasteiger charge is -2.03. The molecule has 12 heavy (non-hydrogen) atoms. The third-order valence-electron chi connectivity index (χ3n) is 1.64. The highest BCUT2D eigenvalue weighted by atomic mass is 16.2. The summed E-state index contributed by atoms with van der Waals surface area (Å²) in [4.78, 5) is 10.4. The SMILES string of the molecule is O=C/C(=C\O)C1C=CC=CC=C1. The normalized spacial score (nSPS) is 17.8. The summed E-state index contributed by atoms with van der Waals surface area (Å²) in [7, 11) is 0. The molecule has 0 bridgehead atoms. The summed E-state index contributed by atoms with van der Waals surface area (Å²) in [6.07, 6.45) is 12.6. The van der Waals surface area contributed by atoms with Gasteiger partial charge in [-0.1, -0.05) is 36.5 Å². The molecule has 0 aromatic rings. The van der Waals surface area contributed by atoms with E-state index >= 15 is 0 Å². The minimum absolute atomic E-state index is 0.109. The molecule has 0 unspecified atom stereocenters. The largest absolute Gasteiger partial charge is 0.515 e. The van der Waals surface area contributed by atoms with Crippen LogP contribution in [0.1, 0.15) is 0 Å². The molecule has 0 heterocycles. The van der Waals surface area contributed by atoms with Crippen molar-refractivity contribution >= 4 is 6.29 Å². The zero-order valence-electron chi connectivity index (χ0n) is 6.55. The second-order valence-electron chi connectivity index (χ2n) is 2.43. The minimum atomic E-state index is -0.109. The molecule has 2 nitrogen and oxygen atoms in total. The van der Waals surface area contributed by atoms with Crippen LogP contribution in [0.5, 0.6) is 0 Å². The highest BCUT2D eigenvalue weighted by molar-refractivity contribution is 5.75. The minimum Gasteiger partial charge on any atom is -0.515 e. The Labute approximate surface area is 71.2 Å². The van der Waals surface area contributed by atoms with E-state index in [-0.39, 0.29) is 5.92 Å². The van der Waals surface area contributed by atoms with Crippen molar-refractivity contribution in [3.63, 3.8) is 0 Å². The molecule has 0 spiro atoms. The molecule has 0 saturated carbocycles. The van der Waals surface area contributed by atoms with Gasteiger partial charge in [0.25, 0.3) is 0 Å². The van der Waals surface area contributed by atoms with E-state index in [9.17, 15) is 4.79 Å². The zero-order valence-corrected chi connectivity index (χ0v) is 6.55. The highest BCUT2D eigenvalue weighted by Gasteiger charge is 2.06. The number of aliphatic hydroxyl groups excluding tert-OH is 1. The van der Waals surface area contributed by atoms with Gasteiger partial charge in [0.05, 0.1) is 6.26 Å². The molecular formula is C10H10O2. The fourth-order valence-corrected chi connectivity index (χ4v) is 0.977. The number of allylic oxidation sites excluding steroid dienone is 7. The van der Waals surface area contributed by atoms with Gasteiger partial charge in [-0.15, -0.1) is 0 Å². The van der Waals surface area contributed by atoms with Crippen molar-refractivity contribution < 1.29 is 9.90 Å². The van der Waals surface area contributed by atoms with Gasteiger partial charge in [-0.2, -0.15) is 0 Å². The van der Waals surface area contributed by atoms with Crippen LogP contribution < -0.4 is 0 Å². The average Bonchev–Trinajstić information content (AvgIpc) is 2.35. The summed E-state index contributed by atoms with van der Waals surface area (Å²) < 4.78 is 0. The summed E-state index contributed by atoms with van der Waals surface area (Å²) in [5.41, 5.74) is 0.367. The van der Waals surface area contributed by atoms with Crippen LogP contribution in [-0.4, -0.2) is 11.4 Å². The second-order valence-corrected chi connectivity index (χ2v) is 2.43. The van der Waals surface area contributed by atoms with Crippen LogP contribution in [0.15, 0.2) is 48.3 Å². The van der Waals surface area contributed by atoms with Gasteiger partial charge < -0.3 is 5.11 Å². The second kappa shape index (κ2) is 4.34. The Balaban J connectivity index is 2.82. The molecule has 1 aliphatic carbocycles. The van der Waals surface area contributed by atoms with Crippen molar-refractivity contribution in [2.45, 2.75) is 0 Å². The molecular weight excluding hydrogens is 152 g/mol. The smallest absolute Gasteiger partial charge is 0.150 e. The lowest BCUT2D eigenvalue weighted by atomic mass is 10.0. The number of hydrogen-bond donors (Lipinski definition) is 1. The van der Waals surface area contributed by atoms with Crippen LogP contribution in [0.3, 0.4) is 0 Å². The van der Waals surface area contributed by atoms with Gasteiger partial charge in [0.15, 0.2) is 0 Å². The highest BCUT2D eigenvalue weighted by Crippen LogP contribution is 2.13. The van der Waals surface area contributed by atoms with Gasteiger partial charge in [-0.05, 0) is 0 Å². The summed E-state index contributed by atoms with van der Waals surface area (Å²) in [6.45, 7) is 0. The van der Waals surface area contributed by atoms with E-state index in [4.69, 9.17) is 5.11 Å². The molecule has 0 aliphatic heterocycles. The molecule has 1 N–H and O–H groups in total. The van der Waals surface area contributed by atoms with E-state index < -0.39 is 0 Å². The van der Waals surface area contributed by atoms with Crippen molar-refractivity contribution in [2.24, 2.45) is 5.92 Å². The third kappa shape index (κ3) is 1.95. The molecule has 1 rings (SSSR count). The van der Waals surface area contributed by atoms with Crippen molar-refractivity contribution in [1.82, 2.24) is 0 Å². The maximum Gasteiger partial charge on any atom is 0.150 e. The summed E-state index contributed by atoms with van der Waals surface area (Å²) in [6, 6.07) is 0. The Morgan fingerprint density at radius 2 is 1.75 bits per heavy atom. The van der Waals surface area contributed by atoms with E-state index in [2.05, 4.69) is 0 Å². The van der Waals surface area contributed by atoms with Gasteiger partial charge in [0.2, 0.25) is 0 Å². The van der Waals surface area contributed by atoms with Crippen LogP contribution in [-0.2, 0) is 4.79 Å². The van der Waals surface area contributed by atoms with Gasteiger partial charge in [-0.3, -0.25) is 4.79 Å². The quantitative estimate of drug-likeness (QED) is 0.382. The van der Waals surface area contributed by atoms with E-state index in [0.717, 1.165) is 6.26 Å². The number of rotatable bonds is 2. The molecule has 2 heteroatoms. The lowest BCUT2D eigenvalue weighted by Crippen LogP contribution is -1.98. The summed E-state index contributed by atoms with van der Waals surface area (Å²) in [5.74, 6) is -0.109. The number of carbonyl (C=O) groups is 1. The first-order valence-electron chi connectivity index (χ1n) is 3.69. The van der Waals surface area contributed by atoms with Crippen LogP contribution in [0.25, 0.3) is 0 Å². The average molecular weight is 162 g/mol. The maximum absolute atomic E-state index is 10.4. The molecule has 0 atom stereocenters. The summed E-state index contributed by atoms with van der Waals surface area (Å²) in [5, 5.41) is 8.69. The maximum atomic E-state index is 10.4. The topological polar surface area (TPSA) is 37.3 Å². The Bertz CT molecular complexity index is 254. The molecule has 1 aliphatic rings. The third-order valence-corrected chi connectivity index (χ3v) is 1.64. The fourth-order valence-electron chi connectivity index (χ4n) is 0.977. The Hall–Kier alpha value is -1.57. The van der Waals surface area contributed by atoms with Crippen molar-refractivity contribution in [3.8, 4) is 0 Å². The standard InChI is InChI=1S/C10H10O2/c11-7-10(8-12)9-5-3-1-2-4-6-9/h1-9,11H/b10-7+. The van der Waals surface area contributed by atoms with Crippen molar-refractivity contribution in [2.75, 3.05) is 0 Å². The summed E-state index contributed by atoms with van der Waals surface area (Å²) >= 11 is 0. The van der Waals surface area contributed by atoms with Crippen LogP contribution in [0.2, 0.25) is 0 Å². The monoisotopic (exact) mass is 162 g/mol. The van der Waals surface area contributed by atoms with E-state index in [1.54, 1.807) is 0 Å². The first kappa shape index (κ1) is 8.53. The molecule has 0 aromatic carbocycles. The van der Waals surface area contributed by atoms with Gasteiger partial charge in [0.1, 0.15) is 6.29 Å². The van der Waals surface area contributed by atoms with Crippen LogP contribution in [0, 0.1) is 5.92 Å². The van der Waals surface area contributed by atoms with Gasteiger partial charge in [-0.25, -0.2) is 0 Å². The van der Waals surface area contributed by atoms with E-state index in [0.29, 0.717) is 11.9 Å². The molecule has 0 amide bonds. The van der Waals surface area contributed by atoms with E-state index in [1.165, 1.54) is 0 Å². The Morgan fingerprint density at radius 3 is 2.17 bits per heavy atom. The predicted molar refractivity (Wildman–Crippen MR) is 47.7 cm³/mol. The Kier molecular flexibility index (Phi) is 3.08. The van der Waals surface area contributed by atoms with Gasteiger partial charge in [0, 0.05) is 11.5 Å². The Morgan fingerprint density at radius 1 is 1.17 bits per heavy atom. The lowest BCUT2D eigenvalue weighted by molar-refractivity contribution is -0.105. The molecule has 0 radical (unpaired) electrons.